The van der Waals surface area contributed by atoms with Crippen molar-refractivity contribution in [3.63, 3.8) is 0 Å². The number of carbonyl (C=O) groups excluding carboxylic acids is 2. The molecule has 11 nitrogen and oxygen atoms in total. The van der Waals surface area contributed by atoms with Crippen LogP contribution in [0.5, 0.6) is 5.75 Å². The van der Waals surface area contributed by atoms with Gasteiger partial charge in [0.05, 0.1) is 35.7 Å². The van der Waals surface area contributed by atoms with Crippen LogP contribution in [-0.4, -0.2) is 51.7 Å². The summed E-state index contributed by atoms with van der Waals surface area (Å²) >= 11 is 0. The van der Waals surface area contributed by atoms with Crippen LogP contribution in [0.2, 0.25) is 0 Å². The van der Waals surface area contributed by atoms with E-state index in [0.717, 1.165) is 16.4 Å². The van der Waals surface area contributed by atoms with E-state index < -0.39 is 52.2 Å². The van der Waals surface area contributed by atoms with Gasteiger partial charge in [0.15, 0.2) is 5.54 Å². The molecule has 2 heterocycles. The number of imide groups is 1. The van der Waals surface area contributed by atoms with Crippen LogP contribution < -0.4 is 15.0 Å². The highest BCUT2D eigenvalue weighted by Gasteiger charge is 2.70. The zero-order valence-electron chi connectivity index (χ0n) is 19.8. The summed E-state index contributed by atoms with van der Waals surface area (Å²) < 4.78 is 5.45. The second-order valence-electron chi connectivity index (χ2n) is 9.17. The third kappa shape index (κ3) is 3.39. The lowest BCUT2D eigenvalue weighted by Gasteiger charge is -2.33. The van der Waals surface area contributed by atoms with E-state index in [1.807, 2.05) is 12.1 Å². The number of non-ortho nitro benzene ring substituents is 1. The van der Waals surface area contributed by atoms with Crippen LogP contribution in [0.15, 0.2) is 60.7 Å². The molecule has 37 heavy (non-hydrogen) atoms. The number of carbonyl (C=O) groups is 3. The smallest absolute Gasteiger partial charge is 0.327 e. The number of methoxy groups -OCH3 is 1. The number of nitrogens with zero attached hydrogens (tertiary/aromatic N) is 2. The highest BCUT2D eigenvalue weighted by Crippen LogP contribution is 2.52. The minimum absolute atomic E-state index is 0.0400. The minimum Gasteiger partial charge on any atom is -0.496 e. The Morgan fingerprint density at radius 2 is 1.81 bits per heavy atom. The molecule has 3 aromatic rings. The van der Waals surface area contributed by atoms with Crippen molar-refractivity contribution >= 4 is 39.9 Å². The molecule has 0 aromatic heterocycles. The van der Waals surface area contributed by atoms with Gasteiger partial charge in [0.2, 0.25) is 11.8 Å². The Kier molecular flexibility index (Phi) is 5.69. The standard InChI is InChI=1S/C26H23N3O8/c1-13(30)26(25(33)34)21-20(23(31)28(24(21)32)14-6-5-7-15(12-14)29(35)36)22(27-26)18-10-11-19(37-2)17-9-4-3-8-16(17)18/h3-13,20-22,27,30H,1-2H3,(H,33,34). The summed E-state index contributed by atoms with van der Waals surface area (Å²) in [6.45, 7) is 1.25. The van der Waals surface area contributed by atoms with Gasteiger partial charge in [-0.1, -0.05) is 36.4 Å². The number of aliphatic hydroxyl groups excluding tert-OH is 1. The fraction of sp³-hybridized carbons (Fsp3) is 0.269. The summed E-state index contributed by atoms with van der Waals surface area (Å²) in [4.78, 5) is 51.7. The number of ether oxygens (including phenoxy) is 1. The lowest BCUT2D eigenvalue weighted by Crippen LogP contribution is -2.62. The summed E-state index contributed by atoms with van der Waals surface area (Å²) in [7, 11) is 1.52. The number of aliphatic carboxylic acids is 1. The van der Waals surface area contributed by atoms with Crippen LogP contribution >= 0.6 is 0 Å². The van der Waals surface area contributed by atoms with Gasteiger partial charge in [-0.05, 0) is 30.0 Å². The van der Waals surface area contributed by atoms with Gasteiger partial charge in [0.25, 0.3) is 5.69 Å². The molecule has 0 spiro atoms. The van der Waals surface area contributed by atoms with Crippen molar-refractivity contribution in [3.05, 3.63) is 76.3 Å². The molecule has 2 aliphatic rings. The first kappa shape index (κ1) is 24.3. The van der Waals surface area contributed by atoms with E-state index in [1.165, 1.54) is 32.2 Å². The van der Waals surface area contributed by atoms with E-state index in [0.29, 0.717) is 16.7 Å². The zero-order valence-corrected chi connectivity index (χ0v) is 19.8. The van der Waals surface area contributed by atoms with Gasteiger partial charge in [0, 0.05) is 23.6 Å². The van der Waals surface area contributed by atoms with Gasteiger partial charge in [-0.3, -0.25) is 29.8 Å². The molecule has 5 rings (SSSR count). The van der Waals surface area contributed by atoms with Gasteiger partial charge in [-0.2, -0.15) is 0 Å². The Morgan fingerprint density at radius 1 is 1.11 bits per heavy atom. The molecule has 0 saturated carbocycles. The highest BCUT2D eigenvalue weighted by atomic mass is 16.6. The summed E-state index contributed by atoms with van der Waals surface area (Å²) in [6, 6.07) is 14.7. The van der Waals surface area contributed by atoms with Crippen LogP contribution in [0.1, 0.15) is 18.5 Å². The first-order chi connectivity index (χ1) is 17.6. The summed E-state index contributed by atoms with van der Waals surface area (Å²) in [5.41, 5.74) is -2.00. The molecule has 5 unspecified atom stereocenters. The molecule has 0 radical (unpaired) electrons. The lowest BCUT2D eigenvalue weighted by molar-refractivity contribution is -0.384. The lowest BCUT2D eigenvalue weighted by atomic mass is 9.76. The molecule has 2 saturated heterocycles. The molecule has 3 aromatic carbocycles. The van der Waals surface area contributed by atoms with Gasteiger partial charge < -0.3 is 14.9 Å². The Morgan fingerprint density at radius 3 is 2.43 bits per heavy atom. The van der Waals surface area contributed by atoms with Crippen LogP contribution in [-0.2, 0) is 14.4 Å². The molecule has 0 bridgehead atoms. The molecular weight excluding hydrogens is 482 g/mol. The number of aliphatic hydroxyl groups is 1. The second-order valence-corrected chi connectivity index (χ2v) is 9.17. The van der Waals surface area contributed by atoms with E-state index in [4.69, 9.17) is 4.74 Å². The Hall–Kier alpha value is -4.35. The fourth-order valence-electron chi connectivity index (χ4n) is 5.71. The molecule has 190 valence electrons. The number of nitro benzene ring substituents is 1. The number of hydrogen-bond acceptors (Lipinski definition) is 8. The van der Waals surface area contributed by atoms with Gasteiger partial charge in [-0.15, -0.1) is 0 Å². The number of nitro groups is 1. The van der Waals surface area contributed by atoms with Crippen molar-refractivity contribution in [2.75, 3.05) is 12.0 Å². The Labute approximate surface area is 210 Å². The number of carboxylic acid groups (broad SMARTS) is 1. The van der Waals surface area contributed by atoms with Crippen LogP contribution in [0.3, 0.4) is 0 Å². The van der Waals surface area contributed by atoms with Crippen molar-refractivity contribution in [2.45, 2.75) is 24.6 Å². The Balaban J connectivity index is 1.72. The Bertz CT molecular complexity index is 1470. The molecule has 2 amide bonds. The fourth-order valence-corrected chi connectivity index (χ4v) is 5.71. The van der Waals surface area contributed by atoms with Crippen LogP contribution in [0.4, 0.5) is 11.4 Å². The van der Waals surface area contributed by atoms with Gasteiger partial charge in [0.1, 0.15) is 5.75 Å². The molecule has 11 heteroatoms. The molecular formula is C26H23N3O8. The first-order valence-corrected chi connectivity index (χ1v) is 11.5. The van der Waals surface area contributed by atoms with Crippen molar-refractivity contribution in [1.29, 1.82) is 0 Å². The zero-order chi connectivity index (χ0) is 26.6. The van der Waals surface area contributed by atoms with Crippen LogP contribution in [0, 0.1) is 22.0 Å². The summed E-state index contributed by atoms with van der Waals surface area (Å²) in [5, 5.41) is 36.7. The molecule has 3 N–H and O–H groups in total. The molecule has 0 aliphatic carbocycles. The maximum Gasteiger partial charge on any atom is 0.327 e. The van der Waals surface area contributed by atoms with Gasteiger partial charge in [-0.25, -0.2) is 4.90 Å². The normalized spacial score (nSPS) is 25.8. The van der Waals surface area contributed by atoms with Crippen molar-refractivity contribution in [2.24, 2.45) is 11.8 Å². The molecule has 2 aliphatic heterocycles. The summed E-state index contributed by atoms with van der Waals surface area (Å²) in [5.74, 6) is -5.15. The number of hydrogen-bond donors (Lipinski definition) is 3. The average Bonchev–Trinajstić information content (AvgIpc) is 3.37. The van der Waals surface area contributed by atoms with E-state index in [1.54, 1.807) is 24.3 Å². The predicted molar refractivity (Wildman–Crippen MR) is 131 cm³/mol. The number of anilines is 1. The first-order valence-electron chi connectivity index (χ1n) is 11.5. The van der Waals surface area contributed by atoms with Crippen molar-refractivity contribution < 1.29 is 34.3 Å². The molecule has 2 fully saturated rings. The maximum atomic E-state index is 13.9. The van der Waals surface area contributed by atoms with Gasteiger partial charge >= 0.3 is 5.97 Å². The minimum atomic E-state index is -2.18. The third-order valence-corrected chi connectivity index (χ3v) is 7.38. The highest BCUT2D eigenvalue weighted by molar-refractivity contribution is 6.24. The summed E-state index contributed by atoms with van der Waals surface area (Å²) in [6.07, 6.45) is -1.56. The van der Waals surface area contributed by atoms with E-state index in [-0.39, 0.29) is 11.4 Å². The van der Waals surface area contributed by atoms with Crippen molar-refractivity contribution in [1.82, 2.24) is 5.32 Å². The van der Waals surface area contributed by atoms with E-state index in [9.17, 15) is 34.7 Å². The quantitative estimate of drug-likeness (QED) is 0.260. The number of rotatable bonds is 6. The number of fused-ring (bicyclic) bond motifs is 2. The SMILES string of the molecule is COc1ccc(C2NC(C(=O)O)(C(C)O)C3C(=O)N(c4cccc([N+](=O)[O-])c4)C(=O)C23)c2ccccc12. The number of carboxylic acids is 1. The van der Waals surface area contributed by atoms with E-state index >= 15 is 0 Å². The topological polar surface area (TPSA) is 159 Å². The van der Waals surface area contributed by atoms with Crippen LogP contribution in [0.25, 0.3) is 10.8 Å². The molecule has 5 atom stereocenters. The maximum absolute atomic E-state index is 13.9. The predicted octanol–water partition coefficient (Wildman–Crippen LogP) is 2.41. The largest absolute Gasteiger partial charge is 0.496 e. The number of benzene rings is 3. The number of nitrogens with one attached hydrogen (secondary N) is 1. The monoisotopic (exact) mass is 505 g/mol. The average molecular weight is 505 g/mol. The van der Waals surface area contributed by atoms with Crippen molar-refractivity contribution in [3.8, 4) is 5.75 Å². The third-order valence-electron chi connectivity index (χ3n) is 7.38. The second kappa shape index (κ2) is 8.64. The van der Waals surface area contributed by atoms with E-state index in [2.05, 4.69) is 5.32 Å². The number of amides is 2.